The van der Waals surface area contributed by atoms with E-state index in [0.717, 1.165) is 0 Å². The van der Waals surface area contributed by atoms with Crippen molar-refractivity contribution in [2.75, 3.05) is 0 Å². The van der Waals surface area contributed by atoms with Crippen molar-refractivity contribution in [1.29, 1.82) is 0 Å². The van der Waals surface area contributed by atoms with Crippen LogP contribution >= 0.6 is 0 Å². The number of aliphatic hydroxyl groups is 1. The molecule has 0 aliphatic rings. The smallest absolute Gasteiger partial charge is 0.253 e. The summed E-state index contributed by atoms with van der Waals surface area (Å²) in [6.07, 6.45) is 2.04. The second-order valence-corrected chi connectivity index (χ2v) is 5.66. The van der Waals surface area contributed by atoms with Gasteiger partial charge in [-0.2, -0.15) is 0 Å². The van der Waals surface area contributed by atoms with Crippen LogP contribution in [-0.2, 0) is 11.3 Å². The molecule has 0 saturated carbocycles. The van der Waals surface area contributed by atoms with Gasteiger partial charge >= 0.3 is 0 Å². The zero-order chi connectivity index (χ0) is 17.8. The summed E-state index contributed by atoms with van der Waals surface area (Å²) in [7, 11) is 0. The van der Waals surface area contributed by atoms with Crippen molar-refractivity contribution in [3.63, 3.8) is 0 Å². The predicted octanol–water partition coefficient (Wildman–Crippen LogP) is 2.67. The van der Waals surface area contributed by atoms with Crippen LogP contribution in [0, 0.1) is 12.7 Å². The highest BCUT2D eigenvalue weighted by molar-refractivity contribution is 5.81. The van der Waals surface area contributed by atoms with Crippen molar-refractivity contribution in [2.24, 2.45) is 0 Å². The molecule has 128 valence electrons. The number of carbonyl (C=O) groups is 1. The van der Waals surface area contributed by atoms with Crippen LogP contribution in [0.15, 0.2) is 60.9 Å². The van der Waals surface area contributed by atoms with Crippen molar-refractivity contribution in [2.45, 2.75) is 19.6 Å². The summed E-state index contributed by atoms with van der Waals surface area (Å²) in [6.45, 7) is 1.92. The van der Waals surface area contributed by atoms with Crippen molar-refractivity contribution in [1.82, 2.24) is 14.9 Å². The van der Waals surface area contributed by atoms with Crippen LogP contribution in [-0.4, -0.2) is 20.6 Å². The predicted molar refractivity (Wildman–Crippen MR) is 91.5 cm³/mol. The maximum atomic E-state index is 14.3. The third kappa shape index (κ3) is 3.75. The number of carbonyl (C=O) groups excluding carboxylic acids is 1. The Morgan fingerprint density at radius 3 is 2.68 bits per heavy atom. The van der Waals surface area contributed by atoms with Crippen molar-refractivity contribution >= 4 is 5.91 Å². The zero-order valence-electron chi connectivity index (χ0n) is 13.7. The fourth-order valence-corrected chi connectivity index (χ4v) is 2.56. The first-order valence-electron chi connectivity index (χ1n) is 7.86. The molecule has 1 atom stereocenters. The largest absolute Gasteiger partial charge is 0.378 e. The number of aliphatic hydroxyl groups excluding tert-OH is 1. The summed E-state index contributed by atoms with van der Waals surface area (Å²) < 4.78 is 16.0. The molecular formula is C19H18FN3O2. The summed E-state index contributed by atoms with van der Waals surface area (Å²) in [5, 5.41) is 12.6. The van der Waals surface area contributed by atoms with Gasteiger partial charge in [0, 0.05) is 18.9 Å². The highest BCUT2D eigenvalue weighted by Crippen LogP contribution is 2.17. The molecule has 0 bridgehead atoms. The summed E-state index contributed by atoms with van der Waals surface area (Å²) in [5.74, 6) is -0.247. The molecule has 0 unspecified atom stereocenters. The van der Waals surface area contributed by atoms with E-state index in [1.807, 2.05) is 0 Å². The first-order valence-corrected chi connectivity index (χ1v) is 7.86. The number of benzene rings is 2. The van der Waals surface area contributed by atoms with Gasteiger partial charge in [0.25, 0.3) is 5.91 Å². The highest BCUT2D eigenvalue weighted by Gasteiger charge is 2.16. The minimum absolute atomic E-state index is 0.128. The molecule has 0 aliphatic heterocycles. The number of hydrogen-bond donors (Lipinski definition) is 2. The lowest BCUT2D eigenvalue weighted by molar-refractivity contribution is -0.129. The second-order valence-electron chi connectivity index (χ2n) is 5.66. The molecule has 3 aromatic rings. The van der Waals surface area contributed by atoms with Gasteiger partial charge in [-0.1, -0.05) is 36.4 Å². The molecule has 25 heavy (non-hydrogen) atoms. The van der Waals surface area contributed by atoms with E-state index < -0.39 is 17.8 Å². The maximum Gasteiger partial charge on any atom is 0.253 e. The van der Waals surface area contributed by atoms with E-state index in [0.29, 0.717) is 22.6 Å². The number of nitrogens with zero attached hydrogens (tertiary/aromatic N) is 2. The quantitative estimate of drug-likeness (QED) is 0.751. The average Bonchev–Trinajstić information content (AvgIpc) is 3.05. The first-order chi connectivity index (χ1) is 12.1. The van der Waals surface area contributed by atoms with Crippen LogP contribution in [0.3, 0.4) is 0 Å². The first kappa shape index (κ1) is 16.9. The lowest BCUT2D eigenvalue weighted by Crippen LogP contribution is -2.28. The van der Waals surface area contributed by atoms with Gasteiger partial charge in [0.2, 0.25) is 0 Å². The second kappa shape index (κ2) is 7.27. The number of nitrogens with one attached hydrogen (secondary N) is 1. The zero-order valence-corrected chi connectivity index (χ0v) is 13.7. The molecule has 0 spiro atoms. The third-order valence-electron chi connectivity index (χ3n) is 3.93. The van der Waals surface area contributed by atoms with E-state index in [2.05, 4.69) is 10.3 Å². The highest BCUT2D eigenvalue weighted by atomic mass is 19.1. The molecule has 0 aliphatic carbocycles. The summed E-state index contributed by atoms with van der Waals surface area (Å²) in [6, 6.07) is 13.4. The Morgan fingerprint density at radius 2 is 2.04 bits per heavy atom. The van der Waals surface area contributed by atoms with Gasteiger partial charge in [0.1, 0.15) is 11.6 Å². The Bertz CT molecular complexity index is 877. The molecule has 2 aromatic carbocycles. The van der Waals surface area contributed by atoms with Crippen LogP contribution in [0.25, 0.3) is 5.69 Å². The molecule has 1 aromatic heterocycles. The molecule has 1 heterocycles. The van der Waals surface area contributed by atoms with Gasteiger partial charge in [-0.15, -0.1) is 0 Å². The minimum atomic E-state index is -1.25. The topological polar surface area (TPSA) is 67.2 Å². The lowest BCUT2D eigenvalue weighted by atomic mass is 10.1. The van der Waals surface area contributed by atoms with Crippen LogP contribution < -0.4 is 5.32 Å². The van der Waals surface area contributed by atoms with E-state index in [9.17, 15) is 14.3 Å². The van der Waals surface area contributed by atoms with E-state index in [1.165, 1.54) is 6.07 Å². The number of hydrogen-bond acceptors (Lipinski definition) is 3. The van der Waals surface area contributed by atoms with Gasteiger partial charge in [-0.25, -0.2) is 9.37 Å². The number of aromatic nitrogens is 2. The molecule has 3 rings (SSSR count). The summed E-state index contributed by atoms with van der Waals surface area (Å²) >= 11 is 0. The van der Waals surface area contributed by atoms with Gasteiger partial charge in [0.05, 0.1) is 5.69 Å². The molecule has 0 fully saturated rings. The summed E-state index contributed by atoms with van der Waals surface area (Å²) in [5.41, 5.74) is 1.51. The van der Waals surface area contributed by atoms with Crippen molar-refractivity contribution in [3.8, 4) is 5.69 Å². The van der Waals surface area contributed by atoms with Crippen LogP contribution in [0.5, 0.6) is 0 Å². The number of imidazole rings is 1. The van der Waals surface area contributed by atoms with E-state index >= 15 is 0 Å². The van der Waals surface area contributed by atoms with Crippen LogP contribution in [0.2, 0.25) is 0 Å². The Hall–Kier alpha value is -2.99. The molecular weight excluding hydrogens is 321 g/mol. The Labute approximate surface area is 144 Å². The molecule has 2 N–H and O–H groups in total. The fraction of sp³-hybridized carbons (Fsp3) is 0.158. The van der Waals surface area contributed by atoms with Gasteiger partial charge in [0.15, 0.2) is 6.10 Å². The number of amides is 1. The van der Waals surface area contributed by atoms with Crippen molar-refractivity contribution < 1.29 is 14.3 Å². The number of aryl methyl sites for hydroxylation is 1. The monoisotopic (exact) mass is 339 g/mol. The number of halogens is 1. The Balaban J connectivity index is 1.67. The normalized spacial score (nSPS) is 12.0. The summed E-state index contributed by atoms with van der Waals surface area (Å²) in [4.78, 5) is 16.1. The van der Waals surface area contributed by atoms with Crippen LogP contribution in [0.4, 0.5) is 4.39 Å². The van der Waals surface area contributed by atoms with Crippen molar-refractivity contribution in [3.05, 3.63) is 83.7 Å². The Morgan fingerprint density at radius 1 is 1.28 bits per heavy atom. The standard InChI is InChI=1S/C19H18FN3O2/c1-13-21-9-10-23(13)17-8-7-14(11-16(17)20)12-22-19(25)18(24)15-5-3-2-4-6-15/h2-11,18,24H,12H2,1H3,(H,22,25)/t18-/m0/s1. The average molecular weight is 339 g/mol. The van der Waals surface area contributed by atoms with E-state index in [1.54, 1.807) is 66.3 Å². The SMILES string of the molecule is Cc1nccn1-c1ccc(CNC(=O)[C@@H](O)c2ccccc2)cc1F. The fourth-order valence-electron chi connectivity index (χ4n) is 2.56. The minimum Gasteiger partial charge on any atom is -0.378 e. The number of rotatable bonds is 5. The van der Waals surface area contributed by atoms with Gasteiger partial charge in [-0.05, 0) is 30.2 Å². The van der Waals surface area contributed by atoms with E-state index in [-0.39, 0.29) is 6.54 Å². The third-order valence-corrected chi connectivity index (χ3v) is 3.93. The molecule has 0 saturated heterocycles. The molecule has 5 nitrogen and oxygen atoms in total. The van der Waals surface area contributed by atoms with E-state index in [4.69, 9.17) is 0 Å². The van der Waals surface area contributed by atoms with Gasteiger partial charge < -0.3 is 15.0 Å². The molecule has 6 heteroatoms. The molecule has 0 radical (unpaired) electrons. The lowest BCUT2D eigenvalue weighted by Gasteiger charge is -2.12. The van der Waals surface area contributed by atoms with Gasteiger partial charge in [-0.3, -0.25) is 4.79 Å². The Kier molecular flexibility index (Phi) is 4.90. The molecule has 1 amide bonds. The maximum absolute atomic E-state index is 14.3. The van der Waals surface area contributed by atoms with Crippen LogP contribution in [0.1, 0.15) is 23.1 Å².